The second kappa shape index (κ2) is 5.85. The number of carbonyl (C=O) groups is 1. The summed E-state index contributed by atoms with van der Waals surface area (Å²) in [7, 11) is 0. The van der Waals surface area contributed by atoms with Gasteiger partial charge in [-0.25, -0.2) is 0 Å². The molecule has 1 amide bonds. The Bertz CT molecular complexity index is 621. The smallest absolute Gasteiger partial charge is 0.237 e. The molecule has 0 saturated heterocycles. The maximum Gasteiger partial charge on any atom is 0.237 e. The first-order valence-corrected chi connectivity index (χ1v) is 7.00. The van der Waals surface area contributed by atoms with E-state index in [9.17, 15) is 4.79 Å². The number of hydrogen-bond donors (Lipinski definition) is 2. The highest BCUT2D eigenvalue weighted by molar-refractivity contribution is 6.31. The summed E-state index contributed by atoms with van der Waals surface area (Å²) in [4.78, 5) is 12.0. The summed E-state index contributed by atoms with van der Waals surface area (Å²) in [5.41, 5.74) is 5.83. The van der Waals surface area contributed by atoms with E-state index in [1.165, 1.54) is 0 Å². The molecule has 2 unspecified atom stereocenters. The van der Waals surface area contributed by atoms with Crippen LogP contribution < -0.4 is 11.1 Å². The second-order valence-electron chi connectivity index (χ2n) is 5.33. The van der Waals surface area contributed by atoms with Crippen molar-refractivity contribution in [1.82, 2.24) is 5.32 Å². The number of rotatable bonds is 4. The molecule has 0 aliphatic heterocycles. The van der Waals surface area contributed by atoms with Crippen molar-refractivity contribution in [1.29, 1.82) is 0 Å². The van der Waals surface area contributed by atoms with Crippen molar-refractivity contribution in [2.24, 2.45) is 11.7 Å². The third-order valence-electron chi connectivity index (χ3n) is 3.36. The summed E-state index contributed by atoms with van der Waals surface area (Å²) in [5, 5.41) is 5.40. The van der Waals surface area contributed by atoms with E-state index < -0.39 is 6.04 Å². The molecule has 1 aromatic carbocycles. The molecule has 2 atom stereocenters. The van der Waals surface area contributed by atoms with Crippen LogP contribution in [0.2, 0.25) is 5.02 Å². The monoisotopic (exact) mass is 294 g/mol. The van der Waals surface area contributed by atoms with E-state index in [-0.39, 0.29) is 17.9 Å². The van der Waals surface area contributed by atoms with E-state index >= 15 is 0 Å². The lowest BCUT2D eigenvalue weighted by Gasteiger charge is -2.18. The molecule has 1 aromatic heterocycles. The number of nitrogens with two attached hydrogens (primary N) is 1. The van der Waals surface area contributed by atoms with Crippen molar-refractivity contribution in [2.45, 2.75) is 32.9 Å². The lowest BCUT2D eigenvalue weighted by atomic mass is 10.0. The molecule has 20 heavy (non-hydrogen) atoms. The molecule has 0 radical (unpaired) electrons. The fourth-order valence-electron chi connectivity index (χ4n) is 2.06. The van der Waals surface area contributed by atoms with Gasteiger partial charge in [0.15, 0.2) is 0 Å². The largest absolute Gasteiger partial charge is 0.466 e. The van der Waals surface area contributed by atoms with Gasteiger partial charge in [-0.3, -0.25) is 4.79 Å². The van der Waals surface area contributed by atoms with Crippen LogP contribution in [0, 0.1) is 5.92 Å². The van der Waals surface area contributed by atoms with Crippen molar-refractivity contribution in [3.63, 3.8) is 0 Å². The molecule has 0 fully saturated rings. The molecule has 1 heterocycles. The van der Waals surface area contributed by atoms with Gasteiger partial charge in [-0.15, -0.1) is 0 Å². The number of halogens is 1. The number of carbonyl (C=O) groups excluding carboxylic acids is 1. The van der Waals surface area contributed by atoms with Gasteiger partial charge in [-0.2, -0.15) is 0 Å². The summed E-state index contributed by atoms with van der Waals surface area (Å²) >= 11 is 5.94. The average Bonchev–Trinajstić information content (AvgIpc) is 2.80. The molecule has 2 rings (SSSR count). The van der Waals surface area contributed by atoms with Crippen LogP contribution in [0.15, 0.2) is 28.9 Å². The summed E-state index contributed by atoms with van der Waals surface area (Å²) < 4.78 is 5.56. The van der Waals surface area contributed by atoms with Gasteiger partial charge in [-0.1, -0.05) is 25.4 Å². The summed E-state index contributed by atoms with van der Waals surface area (Å²) in [6.07, 6.45) is 1.64. The van der Waals surface area contributed by atoms with Gasteiger partial charge < -0.3 is 15.5 Å². The Labute approximate surface area is 123 Å². The van der Waals surface area contributed by atoms with Crippen LogP contribution in [0.25, 0.3) is 10.8 Å². The summed E-state index contributed by atoms with van der Waals surface area (Å²) in [5.74, 6) is 0.626. The zero-order chi connectivity index (χ0) is 14.9. The number of nitrogens with one attached hydrogen (secondary N) is 1. The van der Waals surface area contributed by atoms with Crippen LogP contribution >= 0.6 is 11.6 Å². The SMILES string of the molecule is CC(NC(=O)C(N)C(C)C)c1occ2cc(Cl)ccc12. The normalized spacial score (nSPS) is 14.5. The minimum atomic E-state index is -0.520. The summed E-state index contributed by atoms with van der Waals surface area (Å²) in [6, 6.07) is 4.76. The first-order valence-electron chi connectivity index (χ1n) is 6.62. The van der Waals surface area contributed by atoms with Crippen LogP contribution in [0.3, 0.4) is 0 Å². The van der Waals surface area contributed by atoms with Crippen molar-refractivity contribution in [2.75, 3.05) is 0 Å². The number of fused-ring (bicyclic) bond motifs is 1. The fourth-order valence-corrected chi connectivity index (χ4v) is 2.24. The van der Waals surface area contributed by atoms with Gasteiger partial charge in [0.1, 0.15) is 5.76 Å². The molecule has 5 heteroatoms. The molecule has 4 nitrogen and oxygen atoms in total. The molecule has 0 spiro atoms. The van der Waals surface area contributed by atoms with Crippen molar-refractivity contribution < 1.29 is 9.21 Å². The molecular weight excluding hydrogens is 276 g/mol. The van der Waals surface area contributed by atoms with Crippen molar-refractivity contribution in [3.8, 4) is 0 Å². The lowest BCUT2D eigenvalue weighted by Crippen LogP contribution is -2.44. The quantitative estimate of drug-likeness (QED) is 0.909. The third-order valence-corrected chi connectivity index (χ3v) is 3.60. The fraction of sp³-hybridized carbons (Fsp3) is 0.400. The third kappa shape index (κ3) is 2.97. The van der Waals surface area contributed by atoms with E-state index in [1.54, 1.807) is 12.3 Å². The Morgan fingerprint density at radius 2 is 2.05 bits per heavy atom. The van der Waals surface area contributed by atoms with Gasteiger partial charge in [0.2, 0.25) is 5.91 Å². The Balaban J connectivity index is 2.19. The highest BCUT2D eigenvalue weighted by Gasteiger charge is 2.21. The highest BCUT2D eigenvalue weighted by Crippen LogP contribution is 2.28. The van der Waals surface area contributed by atoms with Crippen LogP contribution in [0.5, 0.6) is 0 Å². The van der Waals surface area contributed by atoms with E-state index in [0.717, 1.165) is 10.8 Å². The first-order chi connectivity index (χ1) is 9.40. The Hall–Kier alpha value is -1.52. The molecule has 3 N–H and O–H groups in total. The minimum Gasteiger partial charge on any atom is -0.466 e. The zero-order valence-electron chi connectivity index (χ0n) is 11.8. The van der Waals surface area contributed by atoms with Gasteiger partial charge in [-0.05, 0) is 31.0 Å². The van der Waals surface area contributed by atoms with Crippen LogP contribution in [-0.4, -0.2) is 11.9 Å². The maximum absolute atomic E-state index is 12.0. The van der Waals surface area contributed by atoms with Crippen LogP contribution in [0.1, 0.15) is 32.6 Å². The minimum absolute atomic E-state index is 0.0920. The lowest BCUT2D eigenvalue weighted by molar-refractivity contribution is -0.124. The van der Waals surface area contributed by atoms with E-state index in [2.05, 4.69) is 5.32 Å². The number of furan rings is 1. The van der Waals surface area contributed by atoms with E-state index in [1.807, 2.05) is 32.9 Å². The van der Waals surface area contributed by atoms with Crippen LogP contribution in [0.4, 0.5) is 0 Å². The Kier molecular flexibility index (Phi) is 4.35. The van der Waals surface area contributed by atoms with Gasteiger partial charge in [0.05, 0.1) is 18.3 Å². The molecular formula is C15H19ClN2O2. The molecule has 0 saturated carbocycles. The predicted molar refractivity (Wildman–Crippen MR) is 80.6 cm³/mol. The van der Waals surface area contributed by atoms with Gasteiger partial charge >= 0.3 is 0 Å². The first kappa shape index (κ1) is 14.9. The van der Waals surface area contributed by atoms with Crippen molar-refractivity contribution in [3.05, 3.63) is 35.2 Å². The van der Waals surface area contributed by atoms with E-state index in [0.29, 0.717) is 10.8 Å². The average molecular weight is 295 g/mol. The Morgan fingerprint density at radius 3 is 2.70 bits per heavy atom. The van der Waals surface area contributed by atoms with Gasteiger partial charge in [0.25, 0.3) is 0 Å². The van der Waals surface area contributed by atoms with Crippen LogP contribution in [-0.2, 0) is 4.79 Å². The van der Waals surface area contributed by atoms with E-state index in [4.69, 9.17) is 21.8 Å². The predicted octanol–water partition coefficient (Wildman–Crippen LogP) is 3.25. The second-order valence-corrected chi connectivity index (χ2v) is 5.77. The molecule has 2 aromatic rings. The molecule has 0 bridgehead atoms. The standard InChI is InChI=1S/C15H19ClN2O2/c1-8(2)13(17)15(19)18-9(3)14-12-5-4-11(16)6-10(12)7-20-14/h4-9,13H,17H2,1-3H3,(H,18,19). The summed E-state index contributed by atoms with van der Waals surface area (Å²) in [6.45, 7) is 5.70. The molecule has 0 aliphatic rings. The topological polar surface area (TPSA) is 68.3 Å². The zero-order valence-corrected chi connectivity index (χ0v) is 12.6. The Morgan fingerprint density at radius 1 is 1.35 bits per heavy atom. The number of amides is 1. The number of benzene rings is 1. The van der Waals surface area contributed by atoms with Crippen molar-refractivity contribution >= 4 is 28.3 Å². The maximum atomic E-state index is 12.0. The number of hydrogen-bond acceptors (Lipinski definition) is 3. The molecule has 0 aliphatic carbocycles. The molecule has 108 valence electrons. The van der Waals surface area contributed by atoms with Gasteiger partial charge in [0, 0.05) is 15.8 Å². The highest BCUT2D eigenvalue weighted by atomic mass is 35.5.